The summed E-state index contributed by atoms with van der Waals surface area (Å²) in [6.07, 6.45) is 1.29. The Kier molecular flexibility index (Phi) is 5.71. The summed E-state index contributed by atoms with van der Waals surface area (Å²) in [5.41, 5.74) is 2.16. The van der Waals surface area contributed by atoms with Crippen LogP contribution in [0, 0.1) is 0 Å². The van der Waals surface area contributed by atoms with Crippen molar-refractivity contribution in [3.8, 4) is 0 Å². The van der Waals surface area contributed by atoms with Crippen LogP contribution in [0.2, 0.25) is 0 Å². The Labute approximate surface area is 170 Å². The molecular formula is C23H25N3O3. The van der Waals surface area contributed by atoms with Gasteiger partial charge in [-0.15, -0.1) is 0 Å². The van der Waals surface area contributed by atoms with Crippen molar-refractivity contribution in [2.75, 3.05) is 39.3 Å². The van der Waals surface area contributed by atoms with E-state index in [0.29, 0.717) is 43.7 Å². The van der Waals surface area contributed by atoms with Crippen molar-refractivity contribution in [2.45, 2.75) is 12.8 Å². The summed E-state index contributed by atoms with van der Waals surface area (Å²) in [4.78, 5) is 42.8. The van der Waals surface area contributed by atoms with Gasteiger partial charge in [0.25, 0.3) is 11.8 Å². The number of carbonyl (C=O) groups is 3. The second kappa shape index (κ2) is 8.57. The zero-order valence-electron chi connectivity index (χ0n) is 16.4. The molecule has 2 aromatic rings. The average Bonchev–Trinajstić information content (AvgIpc) is 3.02. The van der Waals surface area contributed by atoms with Crippen LogP contribution in [0.5, 0.6) is 0 Å². The minimum absolute atomic E-state index is 0.189. The van der Waals surface area contributed by atoms with E-state index < -0.39 is 0 Å². The third-order valence-electron chi connectivity index (χ3n) is 5.71. The lowest BCUT2D eigenvalue weighted by atomic mass is 10.1. The van der Waals surface area contributed by atoms with Crippen molar-refractivity contribution in [3.63, 3.8) is 0 Å². The molecule has 0 atom stereocenters. The maximum Gasteiger partial charge on any atom is 0.261 e. The molecule has 0 aliphatic carbocycles. The average molecular weight is 391 g/mol. The van der Waals surface area contributed by atoms with Gasteiger partial charge < -0.3 is 4.90 Å². The SMILES string of the molecule is O=C(CCc1ccccc1)N1CCN(CCN2C(=O)c3ccccc3C2=O)CC1. The summed E-state index contributed by atoms with van der Waals surface area (Å²) in [6.45, 7) is 3.93. The molecule has 1 fully saturated rings. The molecule has 2 aliphatic heterocycles. The Morgan fingerprint density at radius 3 is 1.97 bits per heavy atom. The largest absolute Gasteiger partial charge is 0.340 e. The van der Waals surface area contributed by atoms with Crippen LogP contribution in [-0.4, -0.2) is 71.7 Å². The molecule has 0 radical (unpaired) electrons. The Morgan fingerprint density at radius 2 is 1.34 bits per heavy atom. The molecular weight excluding hydrogens is 366 g/mol. The molecule has 4 rings (SSSR count). The van der Waals surface area contributed by atoms with E-state index in [9.17, 15) is 14.4 Å². The molecule has 2 aliphatic rings. The molecule has 0 bridgehead atoms. The maximum absolute atomic E-state index is 12.5. The van der Waals surface area contributed by atoms with Crippen molar-refractivity contribution in [1.82, 2.24) is 14.7 Å². The predicted molar refractivity (Wildman–Crippen MR) is 110 cm³/mol. The van der Waals surface area contributed by atoms with Crippen LogP contribution in [0.25, 0.3) is 0 Å². The number of hydrogen-bond donors (Lipinski definition) is 0. The van der Waals surface area contributed by atoms with E-state index in [1.165, 1.54) is 10.5 Å². The number of rotatable bonds is 6. The highest BCUT2D eigenvalue weighted by atomic mass is 16.2. The Bertz CT molecular complexity index is 870. The van der Waals surface area contributed by atoms with Gasteiger partial charge in [0.1, 0.15) is 0 Å². The van der Waals surface area contributed by atoms with Crippen molar-refractivity contribution in [3.05, 3.63) is 71.3 Å². The van der Waals surface area contributed by atoms with Crippen molar-refractivity contribution in [2.24, 2.45) is 0 Å². The van der Waals surface area contributed by atoms with Crippen LogP contribution >= 0.6 is 0 Å². The second-order valence-corrected chi connectivity index (χ2v) is 7.52. The van der Waals surface area contributed by atoms with E-state index >= 15 is 0 Å². The first kappa shape index (κ1) is 19.3. The van der Waals surface area contributed by atoms with Gasteiger partial charge >= 0.3 is 0 Å². The summed E-state index contributed by atoms with van der Waals surface area (Å²) in [5.74, 6) is -0.227. The molecule has 29 heavy (non-hydrogen) atoms. The van der Waals surface area contributed by atoms with Gasteiger partial charge in [0.15, 0.2) is 0 Å². The molecule has 150 valence electrons. The number of piperazine rings is 1. The first-order valence-electron chi connectivity index (χ1n) is 10.1. The lowest BCUT2D eigenvalue weighted by Crippen LogP contribution is -2.50. The normalized spacial score (nSPS) is 17.0. The molecule has 0 N–H and O–H groups in total. The number of benzene rings is 2. The van der Waals surface area contributed by atoms with Gasteiger partial charge in [-0.1, -0.05) is 42.5 Å². The number of imide groups is 1. The highest BCUT2D eigenvalue weighted by molar-refractivity contribution is 6.21. The summed E-state index contributed by atoms with van der Waals surface area (Å²) < 4.78 is 0. The van der Waals surface area contributed by atoms with Crippen LogP contribution in [0.15, 0.2) is 54.6 Å². The number of fused-ring (bicyclic) bond motifs is 1. The van der Waals surface area contributed by atoms with E-state index in [1.54, 1.807) is 24.3 Å². The Morgan fingerprint density at radius 1 is 0.759 bits per heavy atom. The monoisotopic (exact) mass is 391 g/mol. The summed E-state index contributed by atoms with van der Waals surface area (Å²) in [7, 11) is 0. The predicted octanol–water partition coefficient (Wildman–Crippen LogP) is 2.06. The van der Waals surface area contributed by atoms with E-state index in [0.717, 1.165) is 19.5 Å². The van der Waals surface area contributed by atoms with E-state index in [2.05, 4.69) is 4.90 Å². The van der Waals surface area contributed by atoms with Gasteiger partial charge in [-0.2, -0.15) is 0 Å². The lowest BCUT2D eigenvalue weighted by molar-refractivity contribution is -0.132. The van der Waals surface area contributed by atoms with Crippen LogP contribution in [0.1, 0.15) is 32.7 Å². The molecule has 3 amide bonds. The fourth-order valence-corrected chi connectivity index (χ4v) is 3.96. The van der Waals surface area contributed by atoms with E-state index in [1.807, 2.05) is 35.2 Å². The molecule has 0 spiro atoms. The Hall–Kier alpha value is -2.99. The first-order valence-corrected chi connectivity index (χ1v) is 10.1. The zero-order valence-corrected chi connectivity index (χ0v) is 16.4. The maximum atomic E-state index is 12.5. The van der Waals surface area contributed by atoms with E-state index in [-0.39, 0.29) is 17.7 Å². The third-order valence-corrected chi connectivity index (χ3v) is 5.71. The highest BCUT2D eigenvalue weighted by Gasteiger charge is 2.35. The van der Waals surface area contributed by atoms with Gasteiger partial charge in [-0.3, -0.25) is 24.2 Å². The van der Waals surface area contributed by atoms with Crippen LogP contribution in [-0.2, 0) is 11.2 Å². The Balaban J connectivity index is 1.22. The fraction of sp³-hybridized carbons (Fsp3) is 0.348. The quantitative estimate of drug-likeness (QED) is 0.708. The molecule has 2 heterocycles. The number of amides is 3. The van der Waals surface area contributed by atoms with Crippen LogP contribution < -0.4 is 0 Å². The van der Waals surface area contributed by atoms with Gasteiger partial charge in [-0.05, 0) is 24.1 Å². The molecule has 6 heteroatoms. The molecule has 1 saturated heterocycles. The number of nitrogens with zero attached hydrogens (tertiary/aromatic N) is 3. The molecule has 0 unspecified atom stereocenters. The van der Waals surface area contributed by atoms with E-state index in [4.69, 9.17) is 0 Å². The highest BCUT2D eigenvalue weighted by Crippen LogP contribution is 2.22. The van der Waals surface area contributed by atoms with Crippen LogP contribution in [0.4, 0.5) is 0 Å². The van der Waals surface area contributed by atoms with Crippen molar-refractivity contribution < 1.29 is 14.4 Å². The zero-order chi connectivity index (χ0) is 20.2. The molecule has 0 saturated carbocycles. The summed E-state index contributed by atoms with van der Waals surface area (Å²) in [5, 5.41) is 0. The van der Waals surface area contributed by atoms with Gasteiger partial charge in [0.05, 0.1) is 11.1 Å². The van der Waals surface area contributed by atoms with Crippen molar-refractivity contribution in [1.29, 1.82) is 0 Å². The molecule has 0 aromatic heterocycles. The topological polar surface area (TPSA) is 60.9 Å². The summed E-state index contributed by atoms with van der Waals surface area (Å²) >= 11 is 0. The minimum atomic E-state index is -0.208. The third kappa shape index (κ3) is 4.22. The second-order valence-electron chi connectivity index (χ2n) is 7.52. The minimum Gasteiger partial charge on any atom is -0.340 e. The number of carbonyl (C=O) groups excluding carboxylic acids is 3. The van der Waals surface area contributed by atoms with Gasteiger partial charge in [0, 0.05) is 45.7 Å². The van der Waals surface area contributed by atoms with Crippen molar-refractivity contribution >= 4 is 17.7 Å². The van der Waals surface area contributed by atoms with Gasteiger partial charge in [0.2, 0.25) is 5.91 Å². The molecule has 6 nitrogen and oxygen atoms in total. The number of hydrogen-bond acceptors (Lipinski definition) is 4. The van der Waals surface area contributed by atoms with Crippen LogP contribution in [0.3, 0.4) is 0 Å². The standard InChI is InChI=1S/C23H25N3O3/c27-21(11-10-18-6-2-1-3-7-18)25-15-12-24(13-16-25)14-17-26-22(28)19-8-4-5-9-20(19)23(26)29/h1-9H,10-17H2. The fourth-order valence-electron chi connectivity index (χ4n) is 3.96. The number of aryl methyl sites for hydroxylation is 1. The molecule has 2 aromatic carbocycles. The smallest absolute Gasteiger partial charge is 0.261 e. The van der Waals surface area contributed by atoms with Gasteiger partial charge in [-0.25, -0.2) is 0 Å². The summed E-state index contributed by atoms with van der Waals surface area (Å²) in [6, 6.07) is 17.0. The lowest BCUT2D eigenvalue weighted by Gasteiger charge is -2.35. The first-order chi connectivity index (χ1) is 14.1.